The SMILES string of the molecule is CC1(C)[C@H](NC(=O)c2cc3ccsc3cn2)C2CCN1CC2.Cl. The Morgan fingerprint density at radius 2 is 2.13 bits per heavy atom. The molecule has 3 aliphatic rings. The first-order chi connectivity index (χ1) is 10.6. The van der Waals surface area contributed by atoms with E-state index in [0.717, 1.165) is 23.2 Å². The van der Waals surface area contributed by atoms with E-state index in [1.54, 1.807) is 17.5 Å². The van der Waals surface area contributed by atoms with Crippen LogP contribution < -0.4 is 5.32 Å². The standard InChI is InChI=1S/C17H21N3OS.ClH/c1-17(2)15(11-3-6-20(17)7-4-11)19-16(21)13-9-12-5-8-22-14(12)10-18-13;/h5,8-11,15H,3-4,6-7H2,1-2H3,(H,19,21);1H/t15-;/m1./s1. The predicted molar refractivity (Wildman–Crippen MR) is 96.5 cm³/mol. The summed E-state index contributed by atoms with van der Waals surface area (Å²) in [6.07, 6.45) is 4.17. The van der Waals surface area contributed by atoms with Crippen molar-refractivity contribution in [3.8, 4) is 0 Å². The molecule has 5 heterocycles. The second-order valence-electron chi connectivity index (χ2n) is 6.96. The van der Waals surface area contributed by atoms with Gasteiger partial charge in [0.2, 0.25) is 0 Å². The Kier molecular flexibility index (Phi) is 4.38. The Morgan fingerprint density at radius 1 is 1.39 bits per heavy atom. The Labute approximate surface area is 146 Å². The summed E-state index contributed by atoms with van der Waals surface area (Å²) in [5.41, 5.74) is 0.557. The zero-order valence-electron chi connectivity index (χ0n) is 13.4. The van der Waals surface area contributed by atoms with Gasteiger partial charge in [0.25, 0.3) is 5.91 Å². The van der Waals surface area contributed by atoms with Crippen molar-refractivity contribution in [3.05, 3.63) is 29.4 Å². The number of nitrogens with one attached hydrogen (secondary N) is 1. The van der Waals surface area contributed by atoms with Gasteiger partial charge in [-0.1, -0.05) is 0 Å². The number of rotatable bonds is 2. The molecular weight excluding hydrogens is 330 g/mol. The van der Waals surface area contributed by atoms with Gasteiger partial charge in [-0.3, -0.25) is 9.69 Å². The fraction of sp³-hybridized carbons (Fsp3) is 0.529. The van der Waals surface area contributed by atoms with Crippen LogP contribution in [0.3, 0.4) is 0 Å². The van der Waals surface area contributed by atoms with Gasteiger partial charge in [-0.2, -0.15) is 0 Å². The van der Waals surface area contributed by atoms with Crippen molar-refractivity contribution in [1.82, 2.24) is 15.2 Å². The quantitative estimate of drug-likeness (QED) is 0.902. The fourth-order valence-electron chi connectivity index (χ4n) is 4.08. The molecule has 0 aliphatic carbocycles. The van der Waals surface area contributed by atoms with E-state index >= 15 is 0 Å². The van der Waals surface area contributed by atoms with Gasteiger partial charge in [0.15, 0.2) is 0 Å². The van der Waals surface area contributed by atoms with E-state index in [0.29, 0.717) is 11.6 Å². The molecule has 0 radical (unpaired) electrons. The number of carbonyl (C=O) groups excluding carboxylic acids is 1. The van der Waals surface area contributed by atoms with Gasteiger partial charge >= 0.3 is 0 Å². The summed E-state index contributed by atoms with van der Waals surface area (Å²) in [6.45, 7) is 6.81. The van der Waals surface area contributed by atoms with Gasteiger partial charge in [0.1, 0.15) is 5.69 Å². The summed E-state index contributed by atoms with van der Waals surface area (Å²) in [5.74, 6) is 0.550. The molecule has 1 N–H and O–H groups in total. The lowest BCUT2D eigenvalue weighted by Crippen LogP contribution is -2.69. The molecule has 3 saturated heterocycles. The lowest BCUT2D eigenvalue weighted by Gasteiger charge is -2.56. The maximum atomic E-state index is 12.7. The number of amides is 1. The number of carbonyl (C=O) groups is 1. The van der Waals surface area contributed by atoms with Crippen LogP contribution in [0.5, 0.6) is 0 Å². The van der Waals surface area contributed by atoms with Crippen molar-refractivity contribution in [2.75, 3.05) is 13.1 Å². The zero-order valence-corrected chi connectivity index (χ0v) is 15.0. The molecule has 0 unspecified atom stereocenters. The molecule has 4 nitrogen and oxygen atoms in total. The zero-order chi connectivity index (χ0) is 15.3. The smallest absolute Gasteiger partial charge is 0.270 e. The Morgan fingerprint density at radius 3 is 2.83 bits per heavy atom. The number of pyridine rings is 1. The van der Waals surface area contributed by atoms with E-state index in [2.05, 4.69) is 29.0 Å². The second kappa shape index (κ2) is 6.04. The molecule has 2 aromatic heterocycles. The third-order valence-electron chi connectivity index (χ3n) is 5.45. The minimum absolute atomic E-state index is 0. The first-order valence-corrected chi connectivity index (χ1v) is 8.83. The minimum Gasteiger partial charge on any atom is -0.346 e. The van der Waals surface area contributed by atoms with Crippen molar-refractivity contribution in [1.29, 1.82) is 0 Å². The Hall–Kier alpha value is -1.17. The van der Waals surface area contributed by atoms with Crippen LogP contribution in [0.15, 0.2) is 23.7 Å². The molecule has 0 saturated carbocycles. The summed E-state index contributed by atoms with van der Waals surface area (Å²) in [5, 5.41) is 6.40. The summed E-state index contributed by atoms with van der Waals surface area (Å²) >= 11 is 1.65. The fourth-order valence-corrected chi connectivity index (χ4v) is 4.82. The van der Waals surface area contributed by atoms with Crippen LogP contribution in [0.2, 0.25) is 0 Å². The van der Waals surface area contributed by atoms with Gasteiger partial charge in [-0.25, -0.2) is 4.98 Å². The number of hydrogen-bond donors (Lipinski definition) is 1. The van der Waals surface area contributed by atoms with Gasteiger partial charge in [-0.15, -0.1) is 23.7 Å². The van der Waals surface area contributed by atoms with E-state index in [9.17, 15) is 4.79 Å². The van der Waals surface area contributed by atoms with Gasteiger partial charge in [0.05, 0.1) is 4.70 Å². The maximum absolute atomic E-state index is 12.7. The molecule has 2 aromatic rings. The maximum Gasteiger partial charge on any atom is 0.270 e. The molecule has 6 heteroatoms. The summed E-state index contributed by atoms with van der Waals surface area (Å²) < 4.78 is 1.12. The topological polar surface area (TPSA) is 45.2 Å². The van der Waals surface area contributed by atoms with Crippen LogP contribution in [0.4, 0.5) is 0 Å². The monoisotopic (exact) mass is 351 g/mol. The third-order valence-corrected chi connectivity index (χ3v) is 6.31. The third kappa shape index (κ3) is 2.75. The van der Waals surface area contributed by atoms with Crippen LogP contribution in [-0.2, 0) is 0 Å². The van der Waals surface area contributed by atoms with E-state index in [1.807, 2.05) is 17.5 Å². The van der Waals surface area contributed by atoms with Crippen LogP contribution in [0.1, 0.15) is 37.2 Å². The first kappa shape index (κ1) is 16.7. The number of fused-ring (bicyclic) bond motifs is 4. The van der Waals surface area contributed by atoms with Crippen molar-refractivity contribution in [2.45, 2.75) is 38.3 Å². The number of hydrogen-bond acceptors (Lipinski definition) is 4. The highest BCUT2D eigenvalue weighted by molar-refractivity contribution is 7.17. The van der Waals surface area contributed by atoms with Crippen LogP contribution in [0.25, 0.3) is 10.1 Å². The van der Waals surface area contributed by atoms with E-state index < -0.39 is 0 Å². The van der Waals surface area contributed by atoms with Crippen molar-refractivity contribution in [2.24, 2.45) is 5.92 Å². The molecule has 1 amide bonds. The Balaban J connectivity index is 0.00000156. The van der Waals surface area contributed by atoms with Gasteiger partial charge < -0.3 is 5.32 Å². The molecule has 3 fully saturated rings. The molecule has 2 bridgehead atoms. The molecule has 124 valence electrons. The average Bonchev–Trinajstić information content (AvgIpc) is 2.98. The highest BCUT2D eigenvalue weighted by atomic mass is 35.5. The van der Waals surface area contributed by atoms with E-state index in [4.69, 9.17) is 0 Å². The molecule has 23 heavy (non-hydrogen) atoms. The average molecular weight is 352 g/mol. The Bertz CT molecular complexity index is 721. The molecule has 3 aliphatic heterocycles. The van der Waals surface area contributed by atoms with Crippen molar-refractivity contribution >= 4 is 39.7 Å². The lowest BCUT2D eigenvalue weighted by atomic mass is 9.72. The largest absolute Gasteiger partial charge is 0.346 e. The molecule has 0 spiro atoms. The number of aromatic nitrogens is 1. The minimum atomic E-state index is -0.0417. The molecule has 0 aromatic carbocycles. The lowest BCUT2D eigenvalue weighted by molar-refractivity contribution is -0.0378. The second-order valence-corrected chi connectivity index (χ2v) is 7.90. The van der Waals surface area contributed by atoms with Gasteiger partial charge in [-0.05, 0) is 68.6 Å². The first-order valence-electron chi connectivity index (χ1n) is 7.95. The van der Waals surface area contributed by atoms with Crippen molar-refractivity contribution in [3.63, 3.8) is 0 Å². The number of piperidine rings is 3. The molecule has 5 rings (SSSR count). The predicted octanol–water partition coefficient (Wildman–Crippen LogP) is 3.32. The van der Waals surface area contributed by atoms with Crippen LogP contribution in [-0.4, -0.2) is 40.5 Å². The van der Waals surface area contributed by atoms with Crippen molar-refractivity contribution < 1.29 is 4.79 Å². The van der Waals surface area contributed by atoms with E-state index in [-0.39, 0.29) is 29.9 Å². The summed E-state index contributed by atoms with van der Waals surface area (Å²) in [7, 11) is 0. The van der Waals surface area contributed by atoms with E-state index in [1.165, 1.54) is 12.8 Å². The van der Waals surface area contributed by atoms with Crippen LogP contribution in [0, 0.1) is 5.92 Å². The van der Waals surface area contributed by atoms with Gasteiger partial charge in [0, 0.05) is 17.8 Å². The summed E-state index contributed by atoms with van der Waals surface area (Å²) in [4.78, 5) is 19.5. The molecular formula is C17H22ClN3OS. The molecule has 1 atom stereocenters. The highest BCUT2D eigenvalue weighted by Crippen LogP contribution is 2.39. The summed E-state index contributed by atoms with van der Waals surface area (Å²) in [6, 6.07) is 4.15. The normalized spacial score (nSPS) is 28.3. The van der Waals surface area contributed by atoms with Crippen LogP contribution >= 0.6 is 23.7 Å². The number of thiophene rings is 1. The number of halogens is 1. The number of nitrogens with zero attached hydrogens (tertiary/aromatic N) is 2. The highest BCUT2D eigenvalue weighted by Gasteiger charge is 2.48.